The Hall–Kier alpha value is 3.73. The first kappa shape index (κ1) is 41.1. The van der Waals surface area contributed by atoms with Crippen LogP contribution >= 0.6 is 0 Å². The second kappa shape index (κ2) is 73.0. The number of hydrogen-bond acceptors (Lipinski definition) is 2. The van der Waals surface area contributed by atoms with Crippen molar-refractivity contribution in [1.82, 2.24) is 0 Å². The number of nitriles is 2. The molecule has 0 saturated heterocycles. The summed E-state index contributed by atoms with van der Waals surface area (Å²) in [6.45, 7) is 7.00. The van der Waals surface area contributed by atoms with Gasteiger partial charge in [-0.3, -0.25) is 0 Å². The van der Waals surface area contributed by atoms with E-state index >= 15 is 0 Å². The maximum absolute atomic E-state index is 6.50. The summed E-state index contributed by atoms with van der Waals surface area (Å²) < 4.78 is 0. The van der Waals surface area contributed by atoms with E-state index in [1.165, 1.54) is 0 Å². The van der Waals surface area contributed by atoms with Gasteiger partial charge >= 0.3 is 103 Å². The van der Waals surface area contributed by atoms with Gasteiger partial charge < -0.3 is 0 Å². The molecule has 0 aliphatic heterocycles. The third kappa shape index (κ3) is 53.3. The van der Waals surface area contributed by atoms with Crippen LogP contribution in [-0.4, -0.2) is 103 Å². The van der Waals surface area contributed by atoms with Gasteiger partial charge in [0, 0.05) is 57.9 Å². The number of hydrogen-bond donors (Lipinski definition) is 0. The van der Waals surface area contributed by atoms with Crippen molar-refractivity contribution in [2.24, 2.45) is 0 Å². The predicted molar refractivity (Wildman–Crippen MR) is 27.6 cm³/mol. The molecule has 0 saturated carbocycles. The topological polar surface area (TPSA) is 47.6 Å². The molecule has 0 N–H and O–H groups in total. The van der Waals surface area contributed by atoms with Gasteiger partial charge in [-0.15, -0.1) is 0 Å². The summed E-state index contributed by atoms with van der Waals surface area (Å²) in [5.74, 6) is 0. The second-order valence-corrected chi connectivity index (χ2v) is 0. The van der Waals surface area contributed by atoms with Crippen LogP contribution in [0, 0.1) is 23.7 Å². The molecule has 0 aromatic carbocycles. The van der Waals surface area contributed by atoms with Crippen LogP contribution in [0.2, 0.25) is 0 Å². The molecule has 0 bridgehead atoms. The van der Waals surface area contributed by atoms with Crippen LogP contribution in [0.25, 0.3) is 0 Å². The molecule has 0 aromatic heterocycles. The Morgan fingerprint density at radius 2 is 0.625 bits per heavy atom. The van der Waals surface area contributed by atoms with Gasteiger partial charge in [0.2, 0.25) is 0 Å². The van der Waals surface area contributed by atoms with Crippen molar-refractivity contribution < 1.29 is 44.8 Å². The molecule has 0 unspecified atom stereocenters. The zero-order chi connectivity index (χ0) is 4.00. The zero-order valence-electron chi connectivity index (χ0n) is 2.65. The molecular weight excluding hydrogens is 524 g/mol. The van der Waals surface area contributed by atoms with E-state index in [4.69, 9.17) is 10.5 Å². The molecule has 0 aliphatic carbocycles. The van der Waals surface area contributed by atoms with Crippen molar-refractivity contribution in [3.63, 3.8) is 0 Å². The van der Waals surface area contributed by atoms with Crippen molar-refractivity contribution in [3.05, 3.63) is 0 Å². The van der Waals surface area contributed by atoms with Gasteiger partial charge in [0.25, 0.3) is 0 Å². The molecule has 46 valence electrons. The molecule has 0 spiro atoms. The first-order chi connectivity index (χ1) is 2.00. The van der Waals surface area contributed by atoms with Crippen LogP contribution in [-0.2, 0) is 44.8 Å². The van der Waals surface area contributed by atoms with Crippen molar-refractivity contribution in [3.8, 4) is 13.1 Å². The van der Waals surface area contributed by atoms with Crippen molar-refractivity contribution in [2.45, 2.75) is 0 Å². The second-order valence-electron chi connectivity index (χ2n) is 0. The van der Waals surface area contributed by atoms with Gasteiger partial charge in [0.1, 0.15) is 0 Å². The van der Waals surface area contributed by atoms with Gasteiger partial charge in [-0.05, 0) is 0 Å². The van der Waals surface area contributed by atoms with Gasteiger partial charge in [0.15, 0.2) is 0 Å². The molecule has 2 nitrogen and oxygen atoms in total. The van der Waals surface area contributed by atoms with Crippen LogP contribution in [0.15, 0.2) is 0 Å². The average Bonchev–Trinajstić information content (AvgIpc) is 1.50. The van der Waals surface area contributed by atoms with Gasteiger partial charge in [-0.1, -0.05) is 0 Å². The van der Waals surface area contributed by atoms with Gasteiger partial charge in [-0.25, -0.2) is 10.5 Å². The fourth-order valence-electron chi connectivity index (χ4n) is 0. The predicted octanol–water partition coefficient (Wildman–Crippen LogP) is -1.02. The SMILES string of the molecule is C#N.C#N.[Au].[Au].[KH].[KH]. The Morgan fingerprint density at radius 3 is 0.625 bits per heavy atom. The molecule has 8 heavy (non-hydrogen) atoms. The van der Waals surface area contributed by atoms with Gasteiger partial charge in [-0.2, -0.15) is 0 Å². The average molecular weight is 528 g/mol. The van der Waals surface area contributed by atoms with Crippen molar-refractivity contribution >= 4 is 103 Å². The molecule has 0 atom stereocenters. The standard InChI is InChI=1S/2CHN.2Au.2K.2H/c2*1-2;;;;;;/h2*1H;;;;;;. The molecule has 0 heterocycles. The molecule has 2 radical (unpaired) electrons. The quantitative estimate of drug-likeness (QED) is 0.379. The number of nitrogens with zero attached hydrogens (tertiary/aromatic N) is 2. The van der Waals surface area contributed by atoms with E-state index in [1.807, 2.05) is 0 Å². The fraction of sp³-hybridized carbons (Fsp3) is 0. The van der Waals surface area contributed by atoms with E-state index < -0.39 is 0 Å². The van der Waals surface area contributed by atoms with Crippen LogP contribution in [0.5, 0.6) is 0 Å². The third-order valence-corrected chi connectivity index (χ3v) is 0. The monoisotopic (exact) mass is 528 g/mol. The van der Waals surface area contributed by atoms with E-state index in [1.54, 1.807) is 0 Å². The van der Waals surface area contributed by atoms with E-state index in [-0.39, 0.29) is 148 Å². The summed E-state index contributed by atoms with van der Waals surface area (Å²) in [4.78, 5) is 0. The Kier molecular flexibility index (Phi) is 375. The van der Waals surface area contributed by atoms with E-state index in [0.29, 0.717) is 0 Å². The minimum absolute atomic E-state index is 0. The molecule has 0 aliphatic rings. The van der Waals surface area contributed by atoms with E-state index in [0.717, 1.165) is 0 Å². The molecule has 6 heteroatoms. The molecular formula is C2H4Au2K2N2. The summed E-state index contributed by atoms with van der Waals surface area (Å²) in [5.41, 5.74) is 0. The van der Waals surface area contributed by atoms with Crippen LogP contribution in [0.1, 0.15) is 0 Å². The Morgan fingerprint density at radius 1 is 0.625 bits per heavy atom. The summed E-state index contributed by atoms with van der Waals surface area (Å²) >= 11 is 0. The molecule has 0 fully saturated rings. The number of rotatable bonds is 0. The van der Waals surface area contributed by atoms with Gasteiger partial charge in [0.05, 0.1) is 0 Å². The maximum atomic E-state index is 6.50. The Bertz CT molecular complexity index is 31.5. The van der Waals surface area contributed by atoms with E-state index in [2.05, 4.69) is 13.1 Å². The molecule has 0 amide bonds. The van der Waals surface area contributed by atoms with Crippen LogP contribution in [0.4, 0.5) is 0 Å². The summed E-state index contributed by atoms with van der Waals surface area (Å²) in [5, 5.41) is 13.0. The van der Waals surface area contributed by atoms with E-state index in [9.17, 15) is 0 Å². The summed E-state index contributed by atoms with van der Waals surface area (Å²) in [6, 6.07) is 0. The van der Waals surface area contributed by atoms with Crippen LogP contribution < -0.4 is 0 Å². The third-order valence-electron chi connectivity index (χ3n) is 0. The Balaban J connectivity index is -0.00000000167. The first-order valence-corrected chi connectivity index (χ1v) is 0.516. The fourth-order valence-corrected chi connectivity index (χ4v) is 0. The Labute approximate surface area is 166 Å². The summed E-state index contributed by atoms with van der Waals surface area (Å²) in [7, 11) is 0. The van der Waals surface area contributed by atoms with Crippen molar-refractivity contribution in [2.75, 3.05) is 0 Å². The van der Waals surface area contributed by atoms with Crippen LogP contribution in [0.3, 0.4) is 0 Å². The molecule has 0 aromatic rings. The van der Waals surface area contributed by atoms with Crippen molar-refractivity contribution in [1.29, 1.82) is 10.5 Å². The first-order valence-electron chi connectivity index (χ1n) is 0.516. The normalized spacial score (nSPS) is 0.500. The zero-order valence-corrected chi connectivity index (χ0v) is 6.99. The minimum atomic E-state index is 0. The molecule has 0 rings (SSSR count). The summed E-state index contributed by atoms with van der Waals surface area (Å²) in [6.07, 6.45) is 0.